The second-order valence-corrected chi connectivity index (χ2v) is 10.2. The summed E-state index contributed by atoms with van der Waals surface area (Å²) in [4.78, 5) is 40.9. The Kier molecular flexibility index (Phi) is 6.64. The second kappa shape index (κ2) is 9.49. The van der Waals surface area contributed by atoms with Gasteiger partial charge in [-0.05, 0) is 81.8 Å². The molecule has 0 bridgehead atoms. The number of piperidine rings is 1. The molecule has 1 aliphatic carbocycles. The number of primary amides is 1. The van der Waals surface area contributed by atoms with Crippen LogP contribution in [0.5, 0.6) is 0 Å². The number of nitrogens with two attached hydrogens (primary N) is 1. The van der Waals surface area contributed by atoms with Crippen molar-refractivity contribution in [1.82, 2.24) is 9.80 Å². The Bertz CT molecular complexity index is 1040. The van der Waals surface area contributed by atoms with Crippen LogP contribution in [0.4, 0.5) is 4.79 Å². The first-order valence-electron chi connectivity index (χ1n) is 11.9. The quantitative estimate of drug-likeness (QED) is 0.709. The zero-order chi connectivity index (χ0) is 24.5. The zero-order valence-corrected chi connectivity index (χ0v) is 20.1. The van der Waals surface area contributed by atoms with E-state index in [1.165, 1.54) is 0 Å². The van der Waals surface area contributed by atoms with Gasteiger partial charge in [0.1, 0.15) is 5.60 Å². The number of ether oxygens (including phenoxy) is 1. The van der Waals surface area contributed by atoms with Gasteiger partial charge < -0.3 is 20.3 Å². The maximum absolute atomic E-state index is 13.5. The Morgan fingerprint density at radius 1 is 0.824 bits per heavy atom. The summed E-state index contributed by atoms with van der Waals surface area (Å²) in [5.41, 5.74) is 7.86. The second-order valence-electron chi connectivity index (χ2n) is 10.2. The number of hydrogen-bond acceptors (Lipinski definition) is 4. The highest BCUT2D eigenvalue weighted by molar-refractivity contribution is 5.96. The van der Waals surface area contributed by atoms with Crippen molar-refractivity contribution in [2.24, 2.45) is 5.73 Å². The van der Waals surface area contributed by atoms with Gasteiger partial charge in [0.05, 0.1) is 0 Å². The lowest BCUT2D eigenvalue weighted by molar-refractivity contribution is 0.0142. The molecular formula is C27H33N3O4. The monoisotopic (exact) mass is 463 g/mol. The van der Waals surface area contributed by atoms with E-state index in [4.69, 9.17) is 10.5 Å². The molecule has 2 aromatic rings. The number of likely N-dealkylation sites (tertiary alicyclic amines) is 1. The van der Waals surface area contributed by atoms with Crippen LogP contribution in [0, 0.1) is 0 Å². The maximum Gasteiger partial charge on any atom is 0.410 e. The van der Waals surface area contributed by atoms with Crippen LogP contribution in [-0.4, -0.2) is 58.5 Å². The summed E-state index contributed by atoms with van der Waals surface area (Å²) < 4.78 is 5.50. The molecule has 0 unspecified atom stereocenters. The molecule has 1 aliphatic heterocycles. The summed E-state index contributed by atoms with van der Waals surface area (Å²) in [5, 5.41) is 0. The topological polar surface area (TPSA) is 92.9 Å². The van der Waals surface area contributed by atoms with Crippen molar-refractivity contribution in [2.45, 2.75) is 64.1 Å². The molecule has 34 heavy (non-hydrogen) atoms. The van der Waals surface area contributed by atoms with Crippen molar-refractivity contribution in [3.05, 3.63) is 59.7 Å². The minimum Gasteiger partial charge on any atom is -0.444 e. The van der Waals surface area contributed by atoms with Gasteiger partial charge in [0.25, 0.3) is 5.91 Å². The predicted octanol–water partition coefficient (Wildman–Crippen LogP) is 4.46. The zero-order valence-electron chi connectivity index (χ0n) is 20.1. The molecule has 2 N–H and O–H groups in total. The molecular weight excluding hydrogens is 430 g/mol. The average molecular weight is 464 g/mol. The SMILES string of the molecule is CC(C)(C)OC(=O)N1CCC(N(C(=O)c2ccc(-c3ccc(C(N)=O)cc3)cc2)C2CC2)CC1. The molecule has 1 saturated heterocycles. The Balaban J connectivity index is 1.42. The number of nitrogens with zero attached hydrogens (tertiary/aromatic N) is 2. The lowest BCUT2D eigenvalue weighted by Crippen LogP contribution is -2.50. The molecule has 3 amide bonds. The van der Waals surface area contributed by atoms with Crippen LogP contribution in [0.2, 0.25) is 0 Å². The van der Waals surface area contributed by atoms with Gasteiger partial charge in [0.15, 0.2) is 0 Å². The van der Waals surface area contributed by atoms with Gasteiger partial charge in [-0.15, -0.1) is 0 Å². The molecule has 0 radical (unpaired) electrons. The largest absolute Gasteiger partial charge is 0.444 e. The van der Waals surface area contributed by atoms with Gasteiger partial charge in [-0.1, -0.05) is 24.3 Å². The van der Waals surface area contributed by atoms with Crippen molar-refractivity contribution < 1.29 is 19.1 Å². The smallest absolute Gasteiger partial charge is 0.410 e. The summed E-state index contributed by atoms with van der Waals surface area (Å²) in [7, 11) is 0. The number of rotatable bonds is 5. The minimum absolute atomic E-state index is 0.0499. The van der Waals surface area contributed by atoms with Crippen LogP contribution in [0.1, 0.15) is 67.2 Å². The van der Waals surface area contributed by atoms with E-state index in [1.54, 1.807) is 17.0 Å². The predicted molar refractivity (Wildman–Crippen MR) is 130 cm³/mol. The van der Waals surface area contributed by atoms with Crippen molar-refractivity contribution in [1.29, 1.82) is 0 Å². The van der Waals surface area contributed by atoms with Crippen LogP contribution < -0.4 is 5.73 Å². The van der Waals surface area contributed by atoms with Crippen molar-refractivity contribution in [3.8, 4) is 11.1 Å². The van der Waals surface area contributed by atoms with E-state index < -0.39 is 11.5 Å². The Hall–Kier alpha value is -3.35. The molecule has 0 aromatic heterocycles. The fraction of sp³-hybridized carbons (Fsp3) is 0.444. The summed E-state index contributed by atoms with van der Waals surface area (Å²) in [6.07, 6.45) is 3.29. The number of amides is 3. The third kappa shape index (κ3) is 5.58. The first-order chi connectivity index (χ1) is 16.1. The molecule has 2 fully saturated rings. The molecule has 2 aliphatic rings. The van der Waals surface area contributed by atoms with E-state index in [9.17, 15) is 14.4 Å². The third-order valence-corrected chi connectivity index (χ3v) is 6.32. The van der Waals surface area contributed by atoms with Gasteiger partial charge in [-0.3, -0.25) is 9.59 Å². The first kappa shape index (κ1) is 23.8. The van der Waals surface area contributed by atoms with Crippen molar-refractivity contribution in [2.75, 3.05) is 13.1 Å². The standard InChI is InChI=1S/C27H33N3O4/c1-27(2,3)34-26(33)29-16-14-23(15-17-29)30(22-12-13-22)25(32)21-10-6-19(7-11-21)18-4-8-20(9-5-18)24(28)31/h4-11,22-23H,12-17H2,1-3H3,(H2,28,31). The van der Waals surface area contributed by atoms with Crippen LogP contribution in [-0.2, 0) is 4.74 Å². The third-order valence-electron chi connectivity index (χ3n) is 6.32. The summed E-state index contributed by atoms with van der Waals surface area (Å²) in [6, 6.07) is 15.1. The van der Waals surface area contributed by atoms with E-state index in [1.807, 2.05) is 62.1 Å². The summed E-state index contributed by atoms with van der Waals surface area (Å²) >= 11 is 0. The summed E-state index contributed by atoms with van der Waals surface area (Å²) in [5.74, 6) is -0.404. The number of carbonyl (C=O) groups excluding carboxylic acids is 3. The molecule has 180 valence electrons. The lowest BCUT2D eigenvalue weighted by atomic mass is 10.00. The molecule has 7 nitrogen and oxygen atoms in total. The van der Waals surface area contributed by atoms with Gasteiger partial charge in [0.2, 0.25) is 5.91 Å². The Labute approximate surface area is 200 Å². The molecule has 1 heterocycles. The highest BCUT2D eigenvalue weighted by Gasteiger charge is 2.39. The van der Waals surface area contributed by atoms with Gasteiger partial charge in [-0.2, -0.15) is 0 Å². The molecule has 1 saturated carbocycles. The average Bonchev–Trinajstić information content (AvgIpc) is 3.64. The summed E-state index contributed by atoms with van der Waals surface area (Å²) in [6.45, 7) is 6.79. The van der Waals surface area contributed by atoms with Crippen LogP contribution >= 0.6 is 0 Å². The van der Waals surface area contributed by atoms with E-state index >= 15 is 0 Å². The van der Waals surface area contributed by atoms with E-state index in [0.717, 1.165) is 36.8 Å². The van der Waals surface area contributed by atoms with Gasteiger partial charge in [-0.25, -0.2) is 4.79 Å². The van der Waals surface area contributed by atoms with E-state index in [-0.39, 0.29) is 24.1 Å². The van der Waals surface area contributed by atoms with Crippen molar-refractivity contribution >= 4 is 17.9 Å². The fourth-order valence-corrected chi connectivity index (χ4v) is 4.42. The van der Waals surface area contributed by atoms with Gasteiger partial charge in [0, 0.05) is 36.3 Å². The molecule has 0 spiro atoms. The molecule has 2 aromatic carbocycles. The fourth-order valence-electron chi connectivity index (χ4n) is 4.42. The molecule has 0 atom stereocenters. The number of benzene rings is 2. The van der Waals surface area contributed by atoms with Crippen LogP contribution in [0.15, 0.2) is 48.5 Å². The minimum atomic E-state index is -0.514. The normalized spacial score (nSPS) is 16.7. The van der Waals surface area contributed by atoms with Gasteiger partial charge >= 0.3 is 6.09 Å². The highest BCUT2D eigenvalue weighted by Crippen LogP contribution is 2.34. The van der Waals surface area contributed by atoms with E-state index in [2.05, 4.69) is 0 Å². The number of carbonyl (C=O) groups is 3. The first-order valence-corrected chi connectivity index (χ1v) is 11.9. The van der Waals surface area contributed by atoms with Crippen molar-refractivity contribution in [3.63, 3.8) is 0 Å². The Morgan fingerprint density at radius 2 is 1.29 bits per heavy atom. The van der Waals surface area contributed by atoms with Crippen LogP contribution in [0.3, 0.4) is 0 Å². The molecule has 4 rings (SSSR count). The molecule has 7 heteroatoms. The Morgan fingerprint density at radius 3 is 1.74 bits per heavy atom. The highest BCUT2D eigenvalue weighted by atomic mass is 16.6. The maximum atomic E-state index is 13.5. The number of hydrogen-bond donors (Lipinski definition) is 1. The van der Waals surface area contributed by atoms with E-state index in [0.29, 0.717) is 24.2 Å². The lowest BCUT2D eigenvalue weighted by Gasteiger charge is -2.39. The van der Waals surface area contributed by atoms with Crippen LogP contribution in [0.25, 0.3) is 11.1 Å².